The fraction of sp³-hybridized carbons (Fsp3) is 0.667. The lowest BCUT2D eigenvalue weighted by atomic mass is 10.1. The molecule has 0 rings (SSSR count). The molecule has 2 nitrogen and oxygen atoms in total. The van der Waals surface area contributed by atoms with E-state index < -0.39 is 0 Å². The van der Waals surface area contributed by atoms with Crippen molar-refractivity contribution >= 4 is 16.9 Å². The van der Waals surface area contributed by atoms with Crippen LogP contribution >= 0.6 is 11.8 Å². The molecule has 0 heterocycles. The highest BCUT2D eigenvalue weighted by atomic mass is 32.2. The predicted octanol–water partition coefficient (Wildman–Crippen LogP) is 1.98. The van der Waals surface area contributed by atoms with Crippen LogP contribution in [0.25, 0.3) is 0 Å². The van der Waals surface area contributed by atoms with Gasteiger partial charge in [-0.1, -0.05) is 25.6 Å². The van der Waals surface area contributed by atoms with Gasteiger partial charge in [0.05, 0.1) is 0 Å². The summed E-state index contributed by atoms with van der Waals surface area (Å²) in [6.45, 7) is 4.06. The van der Waals surface area contributed by atoms with Gasteiger partial charge in [0.25, 0.3) is 0 Å². The molecule has 0 saturated carbocycles. The maximum Gasteiger partial charge on any atom is 0.216 e. The maximum atomic E-state index is 11.4. The van der Waals surface area contributed by atoms with Crippen molar-refractivity contribution in [3.8, 4) is 0 Å². The molecule has 0 aromatic carbocycles. The van der Waals surface area contributed by atoms with Crippen LogP contribution in [0.4, 0.5) is 0 Å². The lowest BCUT2D eigenvalue weighted by molar-refractivity contribution is -0.108. The van der Waals surface area contributed by atoms with E-state index in [9.17, 15) is 4.79 Å². The zero-order valence-electron chi connectivity index (χ0n) is 8.42. The Morgan fingerprint density at radius 1 is 1.42 bits per heavy atom. The van der Waals surface area contributed by atoms with E-state index in [4.69, 9.17) is 0 Å². The summed E-state index contributed by atoms with van der Waals surface area (Å²) in [4.78, 5) is 13.3. The van der Waals surface area contributed by atoms with Crippen molar-refractivity contribution in [2.24, 2.45) is 5.92 Å². The topological polar surface area (TPSA) is 20.3 Å². The Morgan fingerprint density at radius 2 is 1.92 bits per heavy atom. The van der Waals surface area contributed by atoms with Crippen molar-refractivity contribution in [3.63, 3.8) is 0 Å². The van der Waals surface area contributed by atoms with Crippen LogP contribution in [0.15, 0.2) is 11.8 Å². The van der Waals surface area contributed by atoms with E-state index in [2.05, 4.69) is 0 Å². The van der Waals surface area contributed by atoms with E-state index in [1.165, 1.54) is 11.8 Å². The van der Waals surface area contributed by atoms with Crippen LogP contribution in [0.3, 0.4) is 0 Å². The molecule has 0 amide bonds. The molecule has 0 aliphatic rings. The molecule has 0 aromatic heterocycles. The molecule has 0 atom stereocenters. The minimum absolute atomic E-state index is 0.165. The van der Waals surface area contributed by atoms with Crippen LogP contribution in [0.1, 0.15) is 13.8 Å². The maximum absolute atomic E-state index is 11.4. The van der Waals surface area contributed by atoms with Gasteiger partial charge < -0.3 is 4.90 Å². The third-order valence-electron chi connectivity index (χ3n) is 1.44. The summed E-state index contributed by atoms with van der Waals surface area (Å²) in [5.41, 5.74) is 0.882. The monoisotopic (exact) mass is 187 g/mol. The first-order chi connectivity index (χ1) is 5.49. The molecule has 0 saturated heterocycles. The summed E-state index contributed by atoms with van der Waals surface area (Å²) < 4.78 is 0. The van der Waals surface area contributed by atoms with Gasteiger partial charge in [0, 0.05) is 25.9 Å². The predicted molar refractivity (Wildman–Crippen MR) is 55.1 cm³/mol. The van der Waals surface area contributed by atoms with Crippen molar-refractivity contribution < 1.29 is 4.79 Å². The van der Waals surface area contributed by atoms with Crippen LogP contribution in [-0.2, 0) is 4.79 Å². The third kappa shape index (κ3) is 3.81. The van der Waals surface area contributed by atoms with Crippen LogP contribution in [0.5, 0.6) is 0 Å². The van der Waals surface area contributed by atoms with Gasteiger partial charge in [0.2, 0.25) is 5.12 Å². The highest BCUT2D eigenvalue weighted by Gasteiger charge is 2.11. The van der Waals surface area contributed by atoms with E-state index in [0.29, 0.717) is 5.92 Å². The van der Waals surface area contributed by atoms with E-state index in [1.807, 2.05) is 45.3 Å². The van der Waals surface area contributed by atoms with Gasteiger partial charge in [-0.05, 0) is 12.2 Å². The Labute approximate surface area is 79.0 Å². The quantitative estimate of drug-likeness (QED) is 0.630. The summed E-state index contributed by atoms with van der Waals surface area (Å²) in [6, 6.07) is 0. The lowest BCUT2D eigenvalue weighted by Gasteiger charge is -2.12. The number of carbonyl (C=O) groups is 1. The largest absolute Gasteiger partial charge is 0.383 e. The summed E-state index contributed by atoms with van der Waals surface area (Å²) in [7, 11) is 3.85. The summed E-state index contributed by atoms with van der Waals surface area (Å²) in [5.74, 6) is 0.298. The number of hydrogen-bond acceptors (Lipinski definition) is 3. The molecule has 0 spiro atoms. The fourth-order valence-corrected chi connectivity index (χ4v) is 1.36. The normalized spacial score (nSPS) is 12.0. The highest BCUT2D eigenvalue weighted by molar-refractivity contribution is 8.13. The molecule has 0 aliphatic carbocycles. The summed E-state index contributed by atoms with van der Waals surface area (Å²) >= 11 is 1.27. The van der Waals surface area contributed by atoms with Gasteiger partial charge in [-0.3, -0.25) is 4.79 Å². The molecular weight excluding hydrogens is 170 g/mol. The van der Waals surface area contributed by atoms with Crippen LogP contribution in [-0.4, -0.2) is 30.4 Å². The molecule has 0 fully saturated rings. The third-order valence-corrected chi connectivity index (χ3v) is 2.05. The Hall–Kier alpha value is -0.440. The van der Waals surface area contributed by atoms with E-state index in [-0.39, 0.29) is 5.12 Å². The number of carbonyl (C=O) groups excluding carboxylic acids is 1. The van der Waals surface area contributed by atoms with Gasteiger partial charge in [0.1, 0.15) is 0 Å². The average Bonchev–Trinajstić information content (AvgIpc) is 1.98. The standard InChI is InChI=1S/C9H17NOS/c1-7(2)8(6-10(3)4)9(11)12-5/h6-7H,1-5H3/b8-6+. The number of nitrogens with zero attached hydrogens (tertiary/aromatic N) is 1. The number of thioether (sulfide) groups is 1. The van der Waals surface area contributed by atoms with E-state index >= 15 is 0 Å². The molecule has 0 unspecified atom stereocenters. The van der Waals surface area contributed by atoms with Crippen LogP contribution in [0, 0.1) is 5.92 Å². The molecular formula is C9H17NOS. The zero-order valence-corrected chi connectivity index (χ0v) is 9.23. The molecule has 0 aromatic rings. The summed E-state index contributed by atoms with van der Waals surface area (Å²) in [5, 5.41) is 0.165. The van der Waals surface area contributed by atoms with Gasteiger partial charge in [-0.2, -0.15) is 0 Å². The molecule has 0 bridgehead atoms. The van der Waals surface area contributed by atoms with E-state index in [1.54, 1.807) is 0 Å². The molecule has 12 heavy (non-hydrogen) atoms. The van der Waals surface area contributed by atoms with Gasteiger partial charge in [-0.15, -0.1) is 0 Å². The average molecular weight is 187 g/mol. The number of rotatable bonds is 3. The fourth-order valence-electron chi connectivity index (χ4n) is 0.833. The first-order valence-corrected chi connectivity index (χ1v) is 5.18. The lowest BCUT2D eigenvalue weighted by Crippen LogP contribution is -2.11. The Morgan fingerprint density at radius 3 is 2.17 bits per heavy atom. The van der Waals surface area contributed by atoms with Crippen molar-refractivity contribution in [3.05, 3.63) is 11.8 Å². The highest BCUT2D eigenvalue weighted by Crippen LogP contribution is 2.16. The van der Waals surface area contributed by atoms with E-state index in [0.717, 1.165) is 5.57 Å². The second-order valence-corrected chi connectivity index (χ2v) is 3.97. The molecule has 0 radical (unpaired) electrons. The second-order valence-electron chi connectivity index (χ2n) is 3.19. The van der Waals surface area contributed by atoms with Gasteiger partial charge in [-0.25, -0.2) is 0 Å². The van der Waals surface area contributed by atoms with Crippen molar-refractivity contribution in [2.45, 2.75) is 13.8 Å². The smallest absolute Gasteiger partial charge is 0.216 e. The Balaban J connectivity index is 4.55. The molecule has 0 aliphatic heterocycles. The van der Waals surface area contributed by atoms with Gasteiger partial charge >= 0.3 is 0 Å². The Kier molecular flexibility index (Phi) is 5.06. The van der Waals surface area contributed by atoms with Crippen molar-refractivity contribution in [1.82, 2.24) is 4.90 Å². The first kappa shape index (κ1) is 11.6. The Bertz CT molecular complexity index is 185. The molecule has 70 valence electrons. The first-order valence-electron chi connectivity index (χ1n) is 3.95. The minimum atomic E-state index is 0.165. The van der Waals surface area contributed by atoms with Crippen molar-refractivity contribution in [2.75, 3.05) is 20.4 Å². The zero-order chi connectivity index (χ0) is 9.72. The number of hydrogen-bond donors (Lipinski definition) is 0. The molecule has 0 N–H and O–H groups in total. The molecule has 3 heteroatoms. The van der Waals surface area contributed by atoms with Gasteiger partial charge in [0.15, 0.2) is 0 Å². The van der Waals surface area contributed by atoms with Crippen LogP contribution in [0.2, 0.25) is 0 Å². The second kappa shape index (κ2) is 5.25. The van der Waals surface area contributed by atoms with Crippen LogP contribution < -0.4 is 0 Å². The van der Waals surface area contributed by atoms with Crippen molar-refractivity contribution in [1.29, 1.82) is 0 Å². The SMILES string of the molecule is CSC(=O)/C(=C/N(C)C)C(C)C. The minimum Gasteiger partial charge on any atom is -0.383 e. The summed E-state index contributed by atoms with van der Waals surface area (Å²) in [6.07, 6.45) is 3.71.